The minimum absolute atomic E-state index is 0.0437. The van der Waals surface area contributed by atoms with Crippen LogP contribution in [0.2, 0.25) is 12.6 Å². The monoisotopic (exact) mass is 823 g/mol. The lowest BCUT2D eigenvalue weighted by Gasteiger charge is -2.32. The molecule has 3 aromatic carbocycles. The number of benzene rings is 3. The van der Waals surface area contributed by atoms with Crippen LogP contribution in [0.4, 0.5) is 5.95 Å². The molecule has 3 fully saturated rings. The van der Waals surface area contributed by atoms with Crippen molar-refractivity contribution in [1.29, 1.82) is 5.26 Å². The van der Waals surface area contributed by atoms with E-state index in [0.29, 0.717) is 5.75 Å². The number of aromatic nitrogens is 4. The Morgan fingerprint density at radius 3 is 2.38 bits per heavy atom. The zero-order chi connectivity index (χ0) is 40.1. The van der Waals surface area contributed by atoms with Crippen molar-refractivity contribution in [3.05, 3.63) is 97.3 Å². The van der Waals surface area contributed by atoms with E-state index in [1.54, 1.807) is 23.8 Å². The number of ether oxygens (including phenoxy) is 4. The molecule has 302 valence electrons. The fourth-order valence-electron chi connectivity index (χ4n) is 8.09. The molecule has 0 radical (unpaired) electrons. The van der Waals surface area contributed by atoms with Gasteiger partial charge in [0.05, 0.1) is 31.5 Å². The summed E-state index contributed by atoms with van der Waals surface area (Å²) in [7, 11) is -2.19. The summed E-state index contributed by atoms with van der Waals surface area (Å²) in [6.45, 7) is 2.70. The van der Waals surface area contributed by atoms with E-state index < -0.39 is 47.0 Å². The number of nitrogens with one attached hydrogen (secondary N) is 1. The fraction of sp³-hybridized carbons (Fsp3) is 0.390. The Bertz CT molecular complexity index is 2160. The molecule has 2 N–H and O–H groups in total. The number of anilines is 1. The maximum absolute atomic E-state index is 13.0. The molecule has 2 aromatic heterocycles. The van der Waals surface area contributed by atoms with Crippen LogP contribution >= 0.6 is 8.53 Å². The molecule has 17 heteroatoms. The Morgan fingerprint density at radius 2 is 1.71 bits per heavy atom. The molecular formula is C41H46N7O8PSi. The molecule has 7 atom stereocenters. The van der Waals surface area contributed by atoms with E-state index in [1.165, 1.54) is 16.7 Å². The van der Waals surface area contributed by atoms with Gasteiger partial charge in [-0.2, -0.15) is 15.2 Å². The maximum Gasteiger partial charge on any atom is 0.264 e. The molecule has 1 amide bonds. The first-order chi connectivity index (χ1) is 28.4. The van der Waals surface area contributed by atoms with Gasteiger partial charge in [0.15, 0.2) is 24.0 Å². The fourth-order valence-corrected chi connectivity index (χ4v) is 14.1. The first-order valence-corrected chi connectivity index (χ1v) is 23.3. The summed E-state index contributed by atoms with van der Waals surface area (Å²) in [5.41, 5.74) is 0.564. The summed E-state index contributed by atoms with van der Waals surface area (Å²) in [5.74, 6) is 0.0571. The third-order valence-corrected chi connectivity index (χ3v) is 17.2. The van der Waals surface area contributed by atoms with Crippen molar-refractivity contribution >= 4 is 50.0 Å². The van der Waals surface area contributed by atoms with Crippen molar-refractivity contribution in [1.82, 2.24) is 24.2 Å². The Hall–Kier alpha value is -4.82. The summed E-state index contributed by atoms with van der Waals surface area (Å²) in [6, 6.07) is 33.7. The predicted octanol–water partition coefficient (Wildman–Crippen LogP) is 4.41. The van der Waals surface area contributed by atoms with Gasteiger partial charge in [-0.1, -0.05) is 95.8 Å². The summed E-state index contributed by atoms with van der Waals surface area (Å²) in [5, 5.41) is 25.2. The van der Waals surface area contributed by atoms with Gasteiger partial charge in [-0.25, -0.2) is 9.65 Å². The van der Waals surface area contributed by atoms with E-state index >= 15 is 0 Å². The topological polar surface area (TPSA) is 175 Å². The number of methoxy groups -OCH3 is 1. The number of hydrogen-bond acceptors (Lipinski definition) is 13. The average molecular weight is 824 g/mol. The summed E-state index contributed by atoms with van der Waals surface area (Å²) >= 11 is 0. The quantitative estimate of drug-likeness (QED) is 0.0815. The Morgan fingerprint density at radius 1 is 1.00 bits per heavy atom. The van der Waals surface area contributed by atoms with Crippen LogP contribution in [0.3, 0.4) is 0 Å². The zero-order valence-electron chi connectivity index (χ0n) is 32.3. The van der Waals surface area contributed by atoms with Crippen molar-refractivity contribution in [2.45, 2.75) is 68.5 Å². The van der Waals surface area contributed by atoms with Crippen LogP contribution in [0.5, 0.6) is 11.6 Å². The molecule has 0 saturated carbocycles. The van der Waals surface area contributed by atoms with Crippen LogP contribution in [0.25, 0.3) is 11.2 Å². The minimum Gasteiger partial charge on any atom is -0.484 e. The number of aliphatic hydroxyl groups excluding tert-OH is 1. The van der Waals surface area contributed by atoms with Crippen LogP contribution in [0, 0.1) is 11.3 Å². The molecule has 1 unspecified atom stereocenters. The highest BCUT2D eigenvalue weighted by molar-refractivity contribution is 7.45. The van der Waals surface area contributed by atoms with Crippen molar-refractivity contribution in [3.8, 4) is 17.7 Å². The standard InChI is InChI=1S/C41H46N7O8PSi/c1-51-37-36(56-57-48-22-12-20-31(48)33(55-57)26-58(2,29-16-8-4-9-17-29)30-18-10-5-11-19-30)32(24-49)54-40(37)47-27-43-35-38(47)45-41(46-39(35)52-23-13-21-42)44-34(50)25-53-28-14-6-3-7-15-28/h3-11,14-19,27,31-33,36-37,40,49H,12-13,20,22-26H2,1-2H3,(H,44,45,46,50)/t31-,32-,33+,36?,37+,40-,57+/m1/s1. The molecule has 0 bridgehead atoms. The molecular weight excluding hydrogens is 778 g/mol. The molecule has 0 spiro atoms. The van der Waals surface area contributed by atoms with Gasteiger partial charge in [-0.3, -0.25) is 14.7 Å². The first-order valence-electron chi connectivity index (χ1n) is 19.4. The van der Waals surface area contributed by atoms with Gasteiger partial charge in [0.1, 0.15) is 38.7 Å². The number of para-hydroxylation sites is 1. The normalized spacial score (nSPS) is 24.4. The van der Waals surface area contributed by atoms with Gasteiger partial charge in [0, 0.05) is 19.7 Å². The number of imidazole rings is 1. The molecule has 15 nitrogen and oxygen atoms in total. The number of nitriles is 1. The summed E-state index contributed by atoms with van der Waals surface area (Å²) in [6.07, 6.45) is 0.597. The maximum atomic E-state index is 13.0. The molecule has 8 rings (SSSR count). The lowest BCUT2D eigenvalue weighted by atomic mass is 10.1. The Balaban J connectivity index is 1.04. The lowest BCUT2D eigenvalue weighted by molar-refractivity contribution is -0.118. The second kappa shape index (κ2) is 18.0. The molecule has 3 aliphatic rings. The number of carbonyl (C=O) groups excluding carboxylic acids is 1. The number of rotatable bonds is 16. The molecule has 58 heavy (non-hydrogen) atoms. The third kappa shape index (κ3) is 8.22. The highest BCUT2D eigenvalue weighted by atomic mass is 31.2. The van der Waals surface area contributed by atoms with Crippen LogP contribution in [0.1, 0.15) is 25.5 Å². The van der Waals surface area contributed by atoms with E-state index in [-0.39, 0.29) is 61.4 Å². The van der Waals surface area contributed by atoms with Gasteiger partial charge in [0.25, 0.3) is 14.4 Å². The smallest absolute Gasteiger partial charge is 0.264 e. The highest BCUT2D eigenvalue weighted by Gasteiger charge is 2.54. The number of hydrogen-bond donors (Lipinski definition) is 2. The van der Waals surface area contributed by atoms with Gasteiger partial charge in [0.2, 0.25) is 11.8 Å². The predicted molar refractivity (Wildman–Crippen MR) is 218 cm³/mol. The zero-order valence-corrected chi connectivity index (χ0v) is 34.2. The molecule has 3 aliphatic heterocycles. The number of carbonyl (C=O) groups is 1. The van der Waals surface area contributed by atoms with Crippen LogP contribution in [0.15, 0.2) is 97.3 Å². The molecule has 5 aromatic rings. The van der Waals surface area contributed by atoms with E-state index in [0.717, 1.165) is 25.4 Å². The minimum atomic E-state index is -2.23. The van der Waals surface area contributed by atoms with Gasteiger partial charge >= 0.3 is 0 Å². The second-order valence-corrected chi connectivity index (χ2v) is 20.3. The van der Waals surface area contributed by atoms with Crippen LogP contribution in [-0.4, -0.2) is 107 Å². The van der Waals surface area contributed by atoms with Gasteiger partial charge in [-0.05, 0) is 31.0 Å². The number of amides is 1. The van der Waals surface area contributed by atoms with Gasteiger partial charge in [-0.15, -0.1) is 0 Å². The second-order valence-electron chi connectivity index (χ2n) is 14.6. The number of aliphatic hydroxyl groups is 1. The van der Waals surface area contributed by atoms with Crippen molar-refractivity contribution in [2.24, 2.45) is 0 Å². The Kier molecular flexibility index (Phi) is 12.4. The largest absolute Gasteiger partial charge is 0.484 e. The van der Waals surface area contributed by atoms with Gasteiger partial charge < -0.3 is 33.1 Å². The van der Waals surface area contributed by atoms with E-state index in [4.69, 9.17) is 33.3 Å². The summed E-state index contributed by atoms with van der Waals surface area (Å²) in [4.78, 5) is 26.6. The highest BCUT2D eigenvalue weighted by Crippen LogP contribution is 2.59. The third-order valence-electron chi connectivity index (χ3n) is 11.0. The Labute approximate surface area is 338 Å². The van der Waals surface area contributed by atoms with Crippen molar-refractivity contribution < 1.29 is 37.9 Å². The van der Waals surface area contributed by atoms with E-state index in [1.807, 2.05) is 18.2 Å². The van der Waals surface area contributed by atoms with Crippen LogP contribution in [-0.2, 0) is 23.3 Å². The van der Waals surface area contributed by atoms with E-state index in [9.17, 15) is 9.90 Å². The molecule has 3 saturated heterocycles. The average Bonchev–Trinajstić information content (AvgIpc) is 4.05. The molecule has 0 aliphatic carbocycles. The van der Waals surface area contributed by atoms with Crippen molar-refractivity contribution in [3.63, 3.8) is 0 Å². The van der Waals surface area contributed by atoms with Crippen LogP contribution < -0.4 is 25.2 Å². The van der Waals surface area contributed by atoms with Crippen molar-refractivity contribution in [2.75, 3.05) is 38.8 Å². The molecule has 5 heterocycles. The first kappa shape index (κ1) is 40.0. The SMILES string of the molecule is CO[C@H]1C(O[P@]2O[C@@H](C[Si](C)(c3ccccc3)c3ccccc3)[C@H]3CCCN32)[C@@H](CO)O[C@H]1n1cnc2c(OCCC#N)nc(NC(=O)COc3ccccc3)nc21. The summed E-state index contributed by atoms with van der Waals surface area (Å²) < 4.78 is 41.9. The number of fused-ring (bicyclic) bond motifs is 2. The van der Waals surface area contributed by atoms with E-state index in [2.05, 4.69) is 98.2 Å². The lowest BCUT2D eigenvalue weighted by Crippen LogP contribution is -2.58. The number of nitrogens with zero attached hydrogens (tertiary/aromatic N) is 6.